The van der Waals surface area contributed by atoms with E-state index in [4.69, 9.17) is 0 Å². The van der Waals surface area contributed by atoms with Gasteiger partial charge >= 0.3 is 0 Å². The second-order valence-corrected chi connectivity index (χ2v) is 8.44. The van der Waals surface area contributed by atoms with Crippen molar-refractivity contribution in [3.8, 4) is 11.3 Å². The van der Waals surface area contributed by atoms with E-state index in [0.717, 1.165) is 39.7 Å². The molecule has 0 spiro atoms. The normalized spacial score (nSPS) is 10.2. The molecule has 3 heterocycles. The average Bonchev–Trinajstić information content (AvgIpc) is 3.69. The Hall–Kier alpha value is -3.40. The first-order chi connectivity index (χ1) is 17.8. The second-order valence-electron chi connectivity index (χ2n) is 8.44. The maximum atomic E-state index is 4.11. The van der Waals surface area contributed by atoms with Crippen LogP contribution in [0.1, 0.15) is 43.7 Å². The summed E-state index contributed by atoms with van der Waals surface area (Å²) in [7, 11) is 0. The quantitative estimate of drug-likeness (QED) is 0.205. The molecule has 0 aliphatic carbocycles. The van der Waals surface area contributed by atoms with Crippen molar-refractivity contribution >= 4 is 51.6 Å². The molecule has 3 aromatic carbocycles. The van der Waals surface area contributed by atoms with Gasteiger partial charge in [0.05, 0.1) is 11.0 Å². The molecule has 9 nitrogen and oxygen atoms in total. The van der Waals surface area contributed by atoms with Crippen LogP contribution < -0.4 is 0 Å². The number of aryl methyl sites for hydroxylation is 2. The first-order valence-electron chi connectivity index (χ1n) is 12.2. The van der Waals surface area contributed by atoms with Crippen molar-refractivity contribution in [1.29, 1.82) is 0 Å². The first kappa shape index (κ1) is 28.2. The molecule has 0 aliphatic heterocycles. The Bertz CT molecular complexity index is 1430. The van der Waals surface area contributed by atoms with E-state index in [1.807, 2.05) is 48.5 Å². The van der Waals surface area contributed by atoms with Crippen molar-refractivity contribution in [3.63, 3.8) is 0 Å². The van der Waals surface area contributed by atoms with Crippen LogP contribution in [0.25, 0.3) is 33.3 Å². The number of aromatic amines is 3. The molecule has 6 aromatic rings. The minimum Gasteiger partial charge on any atom is -0.265 e. The molecule has 10 heteroatoms. The van der Waals surface area contributed by atoms with Gasteiger partial charge in [-0.1, -0.05) is 90.4 Å². The number of hydrogen-bond acceptors (Lipinski definition) is 6. The Morgan fingerprint density at radius 2 is 1.46 bits per heavy atom. The molecule has 0 atom stereocenters. The van der Waals surface area contributed by atoms with Gasteiger partial charge in [-0.15, -0.1) is 15.3 Å². The molecule has 3 aromatic heterocycles. The number of para-hydroxylation sites is 1. The largest absolute Gasteiger partial charge is 0.265 e. The summed E-state index contributed by atoms with van der Waals surface area (Å²) in [4.78, 5) is 0. The van der Waals surface area contributed by atoms with Gasteiger partial charge in [0.25, 0.3) is 0 Å². The number of benzene rings is 3. The number of H-pyrrole nitrogens is 3. The van der Waals surface area contributed by atoms with E-state index in [2.05, 4.69) is 78.3 Å². The Balaban J connectivity index is 0.000000156. The number of nitrogens with zero attached hydrogens (tertiary/aromatic N) is 6. The van der Waals surface area contributed by atoms with Gasteiger partial charge in [-0.3, -0.25) is 15.3 Å². The van der Waals surface area contributed by atoms with Crippen molar-refractivity contribution < 1.29 is 0 Å². The third-order valence-corrected chi connectivity index (χ3v) is 5.81. The van der Waals surface area contributed by atoms with Gasteiger partial charge in [-0.05, 0) is 49.1 Å². The Labute approximate surface area is 238 Å². The molecule has 0 amide bonds. The molecule has 0 bridgehead atoms. The summed E-state index contributed by atoms with van der Waals surface area (Å²) in [6.45, 7) is 4.29. The molecule has 0 unspecified atom stereocenters. The van der Waals surface area contributed by atoms with E-state index in [-0.39, 0.29) is 29.6 Å². The first-order valence-corrected chi connectivity index (χ1v) is 12.2. The van der Waals surface area contributed by atoms with Gasteiger partial charge in [0.1, 0.15) is 16.7 Å². The van der Waals surface area contributed by atoms with Crippen molar-refractivity contribution in [2.24, 2.45) is 0 Å². The number of unbranched alkanes of at least 4 members (excludes halogenated alkanes) is 3. The van der Waals surface area contributed by atoms with Crippen LogP contribution in [0.4, 0.5) is 0 Å². The zero-order valence-electron chi connectivity index (χ0n) is 21.6. The van der Waals surface area contributed by atoms with Crippen molar-refractivity contribution in [2.45, 2.75) is 46.0 Å². The SMILES string of the molecule is CCCCCCc1cccc2[nH]nnc12.Cc1ccccc1-c1c[nH]nn1.[Na].c1ccc2[nH]nnc2c1. The zero-order valence-corrected chi connectivity index (χ0v) is 23.6. The fourth-order valence-electron chi connectivity index (χ4n) is 3.85. The van der Waals surface area contributed by atoms with Crippen LogP contribution in [0.15, 0.2) is 72.9 Å². The number of fused-ring (bicyclic) bond motifs is 2. The summed E-state index contributed by atoms with van der Waals surface area (Å²) in [5, 5.41) is 31.3. The molecule has 0 saturated carbocycles. The minimum atomic E-state index is 0. The molecule has 185 valence electrons. The Morgan fingerprint density at radius 1 is 0.703 bits per heavy atom. The van der Waals surface area contributed by atoms with E-state index < -0.39 is 0 Å². The zero-order chi connectivity index (χ0) is 25.0. The van der Waals surface area contributed by atoms with E-state index >= 15 is 0 Å². The van der Waals surface area contributed by atoms with Gasteiger partial charge in [0.2, 0.25) is 0 Å². The predicted octanol–water partition coefficient (Wildman–Crippen LogP) is 5.44. The summed E-state index contributed by atoms with van der Waals surface area (Å²) < 4.78 is 0. The van der Waals surface area contributed by atoms with E-state index in [9.17, 15) is 0 Å². The van der Waals surface area contributed by atoms with Gasteiger partial charge in [0.15, 0.2) is 0 Å². The summed E-state index contributed by atoms with van der Waals surface area (Å²) in [5.74, 6) is 0. The predicted molar refractivity (Wildman–Crippen MR) is 148 cm³/mol. The summed E-state index contributed by atoms with van der Waals surface area (Å²) >= 11 is 0. The van der Waals surface area contributed by atoms with E-state index in [1.165, 1.54) is 36.8 Å². The topological polar surface area (TPSA) is 125 Å². The van der Waals surface area contributed by atoms with Gasteiger partial charge in [0, 0.05) is 41.3 Å². The number of aromatic nitrogens is 9. The second kappa shape index (κ2) is 15.0. The number of nitrogens with one attached hydrogen (secondary N) is 3. The fraction of sp³-hybridized carbons (Fsp3) is 0.259. The fourth-order valence-corrected chi connectivity index (χ4v) is 3.85. The average molecular weight is 505 g/mol. The van der Waals surface area contributed by atoms with Gasteiger partial charge in [-0.2, -0.15) is 0 Å². The molecule has 0 fully saturated rings. The molecule has 37 heavy (non-hydrogen) atoms. The minimum absolute atomic E-state index is 0. The standard InChI is InChI=1S/C12H17N3.C9H9N3.C6H5N3.Na/c1-2-3-4-5-7-10-8-6-9-11-12(10)14-15-13-11;1-7-4-2-3-5-8(7)9-6-10-12-11-9;1-2-4-6-5(3-1)7-9-8-6;/h6,8-9H,2-5,7H2,1H3,(H,13,14,15);2-6H,1H3,(H,10,11,12);1-4H,(H,7,8,9);. The van der Waals surface area contributed by atoms with Crippen LogP contribution in [0, 0.1) is 6.92 Å². The van der Waals surface area contributed by atoms with Crippen LogP contribution in [-0.2, 0) is 6.42 Å². The van der Waals surface area contributed by atoms with Crippen LogP contribution in [0.3, 0.4) is 0 Å². The summed E-state index contributed by atoms with van der Waals surface area (Å²) in [5.41, 5.74) is 8.54. The molecular formula is C27H31N9Na. The smallest absolute Gasteiger partial charge is 0.116 e. The monoisotopic (exact) mass is 504 g/mol. The summed E-state index contributed by atoms with van der Waals surface area (Å²) in [6.07, 6.45) is 8.08. The molecular weight excluding hydrogens is 473 g/mol. The summed E-state index contributed by atoms with van der Waals surface area (Å²) in [6, 6.07) is 22.1. The van der Waals surface area contributed by atoms with Crippen LogP contribution >= 0.6 is 0 Å². The van der Waals surface area contributed by atoms with Gasteiger partial charge < -0.3 is 0 Å². The van der Waals surface area contributed by atoms with Gasteiger partial charge in [-0.25, -0.2) is 0 Å². The van der Waals surface area contributed by atoms with E-state index in [0.29, 0.717) is 0 Å². The van der Waals surface area contributed by atoms with Crippen molar-refractivity contribution in [1.82, 2.24) is 46.2 Å². The molecule has 3 N–H and O–H groups in total. The van der Waals surface area contributed by atoms with E-state index in [1.54, 1.807) is 6.20 Å². The molecule has 0 aliphatic rings. The van der Waals surface area contributed by atoms with Crippen molar-refractivity contribution in [3.05, 3.63) is 84.1 Å². The third-order valence-electron chi connectivity index (χ3n) is 5.81. The van der Waals surface area contributed by atoms with Crippen LogP contribution in [-0.4, -0.2) is 75.8 Å². The molecule has 0 saturated heterocycles. The maximum absolute atomic E-state index is 4.11. The number of hydrogen-bond donors (Lipinski definition) is 3. The Morgan fingerprint density at radius 3 is 2.24 bits per heavy atom. The molecule has 6 rings (SSSR count). The molecule has 1 radical (unpaired) electrons. The Kier molecular flexibility index (Phi) is 11.4. The maximum Gasteiger partial charge on any atom is 0.116 e. The number of rotatable bonds is 6. The van der Waals surface area contributed by atoms with Crippen LogP contribution in [0.2, 0.25) is 0 Å². The third kappa shape index (κ3) is 8.04. The van der Waals surface area contributed by atoms with Crippen LogP contribution in [0.5, 0.6) is 0 Å². The van der Waals surface area contributed by atoms with Crippen molar-refractivity contribution in [2.75, 3.05) is 0 Å².